The van der Waals surface area contributed by atoms with Crippen molar-refractivity contribution < 1.29 is 9.53 Å². The van der Waals surface area contributed by atoms with E-state index < -0.39 is 0 Å². The predicted octanol–water partition coefficient (Wildman–Crippen LogP) is 2.36. The topological polar surface area (TPSA) is 38.3 Å². The fourth-order valence-corrected chi connectivity index (χ4v) is 2.67. The molecule has 0 saturated carbocycles. The van der Waals surface area contributed by atoms with Crippen molar-refractivity contribution in [2.75, 3.05) is 7.11 Å². The summed E-state index contributed by atoms with van der Waals surface area (Å²) in [5, 5.41) is 2.88. The van der Waals surface area contributed by atoms with Crippen molar-refractivity contribution >= 4 is 28.7 Å². The van der Waals surface area contributed by atoms with Crippen LogP contribution in [0, 0.1) is 11.8 Å². The summed E-state index contributed by atoms with van der Waals surface area (Å²) < 4.78 is 5.03. The van der Waals surface area contributed by atoms with E-state index in [1.807, 2.05) is 0 Å². The van der Waals surface area contributed by atoms with Gasteiger partial charge in [-0.1, -0.05) is 48.6 Å². The molecular formula is C10H16INO2. The molecule has 0 radical (unpaired) electrons. The van der Waals surface area contributed by atoms with Gasteiger partial charge in [0.25, 0.3) is 0 Å². The van der Waals surface area contributed by atoms with Gasteiger partial charge in [-0.3, -0.25) is 0 Å². The molecule has 3 nitrogen and oxygen atoms in total. The van der Waals surface area contributed by atoms with E-state index in [0.29, 0.717) is 15.8 Å². The van der Waals surface area contributed by atoms with E-state index in [9.17, 15) is 4.79 Å². The Bertz CT molecular complexity index is 242. The number of alkyl halides is 1. The SMILES string of the molecule is COC(=O)N[C@H]1[C@H](I)[C@@H](C)C=C[C@H]1C. The molecule has 0 bridgehead atoms. The molecule has 0 saturated heterocycles. The number of rotatable bonds is 1. The number of methoxy groups -OCH3 is 1. The van der Waals surface area contributed by atoms with Gasteiger partial charge in [0, 0.05) is 3.92 Å². The normalized spacial score (nSPS) is 36.6. The Balaban J connectivity index is 2.66. The van der Waals surface area contributed by atoms with Gasteiger partial charge in [0.05, 0.1) is 13.2 Å². The third-order valence-electron chi connectivity index (χ3n) is 2.60. The fourth-order valence-electron chi connectivity index (χ4n) is 1.60. The van der Waals surface area contributed by atoms with E-state index >= 15 is 0 Å². The van der Waals surface area contributed by atoms with Crippen molar-refractivity contribution in [1.29, 1.82) is 0 Å². The van der Waals surface area contributed by atoms with Gasteiger partial charge in [-0.2, -0.15) is 0 Å². The zero-order valence-corrected chi connectivity index (χ0v) is 10.8. The quantitative estimate of drug-likeness (QED) is 0.459. The van der Waals surface area contributed by atoms with Crippen LogP contribution in [0.5, 0.6) is 0 Å². The summed E-state index contributed by atoms with van der Waals surface area (Å²) in [4.78, 5) is 11.1. The van der Waals surface area contributed by atoms with Crippen LogP contribution in [-0.2, 0) is 4.74 Å². The fraction of sp³-hybridized carbons (Fsp3) is 0.700. The number of carbonyl (C=O) groups is 1. The van der Waals surface area contributed by atoms with Gasteiger partial charge in [-0.25, -0.2) is 4.79 Å². The number of nitrogens with one attached hydrogen (secondary N) is 1. The lowest BCUT2D eigenvalue weighted by Crippen LogP contribution is -2.48. The molecule has 14 heavy (non-hydrogen) atoms. The number of allylic oxidation sites excluding steroid dienone is 1. The second kappa shape index (κ2) is 5.00. The van der Waals surface area contributed by atoms with Crippen LogP contribution in [-0.4, -0.2) is 23.2 Å². The van der Waals surface area contributed by atoms with Gasteiger partial charge >= 0.3 is 6.09 Å². The molecule has 0 aromatic heterocycles. The van der Waals surface area contributed by atoms with Crippen molar-refractivity contribution in [3.63, 3.8) is 0 Å². The number of hydrogen-bond acceptors (Lipinski definition) is 2. The van der Waals surface area contributed by atoms with E-state index in [1.165, 1.54) is 7.11 Å². The van der Waals surface area contributed by atoms with Crippen molar-refractivity contribution in [2.45, 2.75) is 23.8 Å². The molecule has 0 unspecified atom stereocenters. The number of hydrogen-bond donors (Lipinski definition) is 1. The van der Waals surface area contributed by atoms with E-state index in [1.54, 1.807) is 0 Å². The molecule has 1 rings (SSSR count). The molecular weight excluding hydrogens is 293 g/mol. The second-order valence-electron chi connectivity index (χ2n) is 3.71. The molecule has 0 heterocycles. The monoisotopic (exact) mass is 309 g/mol. The summed E-state index contributed by atoms with van der Waals surface area (Å²) >= 11 is 2.39. The highest BCUT2D eigenvalue weighted by Gasteiger charge is 2.31. The van der Waals surface area contributed by atoms with Crippen molar-refractivity contribution in [2.24, 2.45) is 11.8 Å². The van der Waals surface area contributed by atoms with Gasteiger partial charge in [0.1, 0.15) is 0 Å². The minimum atomic E-state index is -0.342. The van der Waals surface area contributed by atoms with Crippen LogP contribution >= 0.6 is 22.6 Å². The highest BCUT2D eigenvalue weighted by Crippen LogP contribution is 2.28. The summed E-state index contributed by atoms with van der Waals surface area (Å²) in [6, 6.07) is 0.169. The maximum Gasteiger partial charge on any atom is 0.407 e. The van der Waals surface area contributed by atoms with E-state index in [-0.39, 0.29) is 12.1 Å². The summed E-state index contributed by atoms with van der Waals surface area (Å²) in [6.07, 6.45) is 4.02. The zero-order chi connectivity index (χ0) is 10.7. The van der Waals surface area contributed by atoms with Crippen molar-refractivity contribution in [1.82, 2.24) is 5.32 Å². The van der Waals surface area contributed by atoms with Crippen LogP contribution in [0.15, 0.2) is 12.2 Å². The number of ether oxygens (including phenoxy) is 1. The lowest BCUT2D eigenvalue weighted by atomic mass is 9.86. The standard InChI is InChI=1S/C10H16INO2/c1-6-4-5-7(2)9(8(6)11)12-10(13)14-3/h4-9H,1-3H3,(H,12,13)/t6-,7+,8+,9+/m0/s1. The maximum absolute atomic E-state index is 11.1. The van der Waals surface area contributed by atoms with Crippen LogP contribution in [0.25, 0.3) is 0 Å². The Morgan fingerprint density at radius 1 is 1.36 bits per heavy atom. The Morgan fingerprint density at radius 3 is 2.50 bits per heavy atom. The summed E-state index contributed by atoms with van der Waals surface area (Å²) in [7, 11) is 1.39. The Hall–Kier alpha value is -0.260. The first-order valence-electron chi connectivity index (χ1n) is 4.73. The van der Waals surface area contributed by atoms with Crippen LogP contribution in [0.4, 0.5) is 4.79 Å². The van der Waals surface area contributed by atoms with Crippen LogP contribution in [0.1, 0.15) is 13.8 Å². The summed E-state index contributed by atoms with van der Waals surface area (Å²) in [5.74, 6) is 0.862. The molecule has 4 atom stereocenters. The minimum absolute atomic E-state index is 0.169. The molecule has 1 aliphatic rings. The summed E-state index contributed by atoms with van der Waals surface area (Å²) in [5.41, 5.74) is 0. The van der Waals surface area contributed by atoms with Crippen LogP contribution in [0.3, 0.4) is 0 Å². The molecule has 0 aliphatic heterocycles. The molecule has 80 valence electrons. The summed E-state index contributed by atoms with van der Waals surface area (Å²) in [6.45, 7) is 4.26. The number of alkyl carbamates (subject to hydrolysis) is 1. The first-order valence-corrected chi connectivity index (χ1v) is 5.97. The lowest BCUT2D eigenvalue weighted by molar-refractivity contribution is 0.162. The van der Waals surface area contributed by atoms with Gasteiger partial charge < -0.3 is 10.1 Å². The molecule has 0 aromatic carbocycles. The average Bonchev–Trinajstić information content (AvgIpc) is 2.18. The first kappa shape index (κ1) is 11.8. The molecule has 0 aromatic rings. The van der Waals surface area contributed by atoms with Crippen LogP contribution in [0.2, 0.25) is 0 Å². The highest BCUT2D eigenvalue weighted by atomic mass is 127. The van der Waals surface area contributed by atoms with Crippen molar-refractivity contribution in [3.05, 3.63) is 12.2 Å². The van der Waals surface area contributed by atoms with Gasteiger partial charge in [-0.05, 0) is 11.8 Å². The first-order chi connectivity index (χ1) is 6.56. The highest BCUT2D eigenvalue weighted by molar-refractivity contribution is 14.1. The van der Waals surface area contributed by atoms with E-state index in [0.717, 1.165) is 0 Å². The number of carbonyl (C=O) groups excluding carboxylic acids is 1. The van der Waals surface area contributed by atoms with Crippen molar-refractivity contribution in [3.8, 4) is 0 Å². The Morgan fingerprint density at radius 2 is 1.93 bits per heavy atom. The minimum Gasteiger partial charge on any atom is -0.453 e. The second-order valence-corrected chi connectivity index (χ2v) is 5.15. The van der Waals surface area contributed by atoms with E-state index in [2.05, 4.69) is 58.6 Å². The third-order valence-corrected chi connectivity index (χ3v) is 4.51. The molecule has 1 amide bonds. The molecule has 0 spiro atoms. The zero-order valence-electron chi connectivity index (χ0n) is 8.66. The Labute approximate surface area is 98.4 Å². The van der Waals surface area contributed by atoms with Gasteiger partial charge in [0.15, 0.2) is 0 Å². The Kier molecular flexibility index (Phi) is 4.22. The van der Waals surface area contributed by atoms with Crippen LogP contribution < -0.4 is 5.32 Å². The number of amides is 1. The molecule has 1 aliphatic carbocycles. The third kappa shape index (κ3) is 2.62. The number of halogens is 1. The van der Waals surface area contributed by atoms with E-state index in [4.69, 9.17) is 0 Å². The smallest absolute Gasteiger partial charge is 0.407 e. The largest absolute Gasteiger partial charge is 0.453 e. The van der Waals surface area contributed by atoms with Gasteiger partial charge in [0.2, 0.25) is 0 Å². The molecule has 4 heteroatoms. The van der Waals surface area contributed by atoms with Gasteiger partial charge in [-0.15, -0.1) is 0 Å². The maximum atomic E-state index is 11.1. The predicted molar refractivity (Wildman–Crippen MR) is 64.6 cm³/mol. The molecule has 1 N–H and O–H groups in total. The average molecular weight is 309 g/mol. The molecule has 0 fully saturated rings. The lowest BCUT2D eigenvalue weighted by Gasteiger charge is -2.33.